The second-order valence-electron chi connectivity index (χ2n) is 8.56. The Bertz CT molecular complexity index is 886. The molecule has 3 aliphatic rings. The smallest absolute Gasteiger partial charge is 0.411 e. The van der Waals surface area contributed by atoms with Crippen LogP contribution in [0.3, 0.4) is 0 Å². The highest BCUT2D eigenvalue weighted by Gasteiger charge is 2.64. The summed E-state index contributed by atoms with van der Waals surface area (Å²) in [5.74, 6) is 6.81. The molecule has 0 radical (unpaired) electrons. The molecule has 1 aromatic rings. The van der Waals surface area contributed by atoms with E-state index in [0.717, 1.165) is 5.57 Å². The molecule has 2 heterocycles. The average molecular weight is 381 g/mol. The second-order valence-corrected chi connectivity index (χ2v) is 8.56. The van der Waals surface area contributed by atoms with Crippen LogP contribution in [0.15, 0.2) is 35.4 Å². The molecule has 1 fully saturated rings. The summed E-state index contributed by atoms with van der Waals surface area (Å²) in [6.45, 7) is 6.63. The number of benzene rings is 1. The first kappa shape index (κ1) is 19.0. The molecule has 1 amide bonds. The van der Waals surface area contributed by atoms with Crippen molar-refractivity contribution in [1.29, 1.82) is 0 Å². The van der Waals surface area contributed by atoms with Crippen LogP contribution in [0.1, 0.15) is 44.0 Å². The Morgan fingerprint density at radius 2 is 1.71 bits per heavy atom. The van der Waals surface area contributed by atoms with Gasteiger partial charge in [-0.2, -0.15) is 0 Å². The molecule has 0 saturated carbocycles. The minimum atomic E-state index is -0.533. The van der Waals surface area contributed by atoms with Crippen LogP contribution in [0, 0.1) is 23.7 Å². The van der Waals surface area contributed by atoms with Gasteiger partial charge < -0.3 is 14.2 Å². The third-order valence-electron chi connectivity index (χ3n) is 5.73. The summed E-state index contributed by atoms with van der Waals surface area (Å²) in [4.78, 5) is 15.1. The number of nitrogens with zero attached hydrogens (tertiary/aromatic N) is 1. The number of rotatable bonds is 3. The van der Waals surface area contributed by atoms with E-state index in [4.69, 9.17) is 14.2 Å². The Morgan fingerprint density at radius 3 is 2.29 bits per heavy atom. The molecule has 1 aromatic carbocycles. The molecule has 148 valence electrons. The molecule has 0 aromatic heterocycles. The third-order valence-corrected chi connectivity index (χ3v) is 5.73. The standard InChI is InChI=1S/C23H27NO4/c1-23(2,3)28-22(25)24-20-15-9-6-7-10-16(15)21(24)19-17(13-27-5)14(18(19)20)11-8-12-26-4/h6-7,9-10,18-21H,12-13H2,1-5H3/t18-,19+,20+,21-/m1/s1. The zero-order chi connectivity index (χ0) is 20.1. The van der Waals surface area contributed by atoms with Crippen molar-refractivity contribution in [1.82, 2.24) is 4.90 Å². The zero-order valence-corrected chi connectivity index (χ0v) is 17.1. The molecule has 0 N–H and O–H groups in total. The highest BCUT2D eigenvalue weighted by molar-refractivity contribution is 5.74. The van der Waals surface area contributed by atoms with Gasteiger partial charge in [-0.15, -0.1) is 0 Å². The average Bonchev–Trinajstić information content (AvgIpc) is 3.10. The number of methoxy groups -OCH3 is 2. The zero-order valence-electron chi connectivity index (χ0n) is 17.1. The summed E-state index contributed by atoms with van der Waals surface area (Å²) >= 11 is 0. The summed E-state index contributed by atoms with van der Waals surface area (Å²) in [5, 5.41) is 0. The highest BCUT2D eigenvalue weighted by Crippen LogP contribution is 2.68. The Labute approximate surface area is 166 Å². The van der Waals surface area contributed by atoms with Gasteiger partial charge in [-0.25, -0.2) is 4.79 Å². The van der Waals surface area contributed by atoms with Crippen LogP contribution in [0.4, 0.5) is 4.79 Å². The number of hydrogen-bond donors (Lipinski definition) is 0. The Balaban J connectivity index is 1.75. The van der Waals surface area contributed by atoms with E-state index < -0.39 is 5.60 Å². The van der Waals surface area contributed by atoms with E-state index in [0.29, 0.717) is 13.2 Å². The fraction of sp³-hybridized carbons (Fsp3) is 0.522. The van der Waals surface area contributed by atoms with Crippen molar-refractivity contribution in [2.45, 2.75) is 38.5 Å². The van der Waals surface area contributed by atoms with Crippen LogP contribution in [0.25, 0.3) is 0 Å². The second kappa shape index (κ2) is 6.95. The monoisotopic (exact) mass is 381 g/mol. The number of fused-ring (bicyclic) bond motifs is 8. The quantitative estimate of drug-likeness (QED) is 0.746. The maximum Gasteiger partial charge on any atom is 0.411 e. The molecule has 0 unspecified atom stereocenters. The van der Waals surface area contributed by atoms with Gasteiger partial charge in [-0.1, -0.05) is 36.1 Å². The molecule has 0 spiro atoms. The van der Waals surface area contributed by atoms with E-state index in [1.54, 1.807) is 14.2 Å². The molecule has 5 nitrogen and oxygen atoms in total. The van der Waals surface area contributed by atoms with Gasteiger partial charge in [-0.3, -0.25) is 4.90 Å². The Morgan fingerprint density at radius 1 is 1.07 bits per heavy atom. The first-order chi connectivity index (χ1) is 13.4. The van der Waals surface area contributed by atoms with Crippen LogP contribution in [0.2, 0.25) is 0 Å². The topological polar surface area (TPSA) is 48.0 Å². The van der Waals surface area contributed by atoms with Gasteiger partial charge in [0.05, 0.1) is 18.7 Å². The van der Waals surface area contributed by atoms with Crippen molar-refractivity contribution >= 4 is 6.09 Å². The number of carbonyl (C=O) groups excluding carboxylic acids is 1. The Kier molecular flexibility index (Phi) is 4.73. The third kappa shape index (κ3) is 2.83. The van der Waals surface area contributed by atoms with E-state index >= 15 is 0 Å². The molecular formula is C23H27NO4. The first-order valence-corrected chi connectivity index (χ1v) is 9.69. The van der Waals surface area contributed by atoms with Gasteiger partial charge in [0.2, 0.25) is 0 Å². The van der Waals surface area contributed by atoms with Gasteiger partial charge in [0, 0.05) is 31.6 Å². The van der Waals surface area contributed by atoms with Crippen molar-refractivity contribution in [3.63, 3.8) is 0 Å². The lowest BCUT2D eigenvalue weighted by Gasteiger charge is -2.41. The van der Waals surface area contributed by atoms with E-state index in [1.807, 2.05) is 37.8 Å². The molecule has 5 heteroatoms. The van der Waals surface area contributed by atoms with E-state index in [9.17, 15) is 4.79 Å². The minimum absolute atomic E-state index is 0.0147. The summed E-state index contributed by atoms with van der Waals surface area (Å²) in [5.41, 5.74) is 4.19. The first-order valence-electron chi connectivity index (χ1n) is 9.69. The summed E-state index contributed by atoms with van der Waals surface area (Å²) < 4.78 is 16.3. The molecule has 2 aliphatic heterocycles. The lowest BCUT2D eigenvalue weighted by atomic mass is 9.60. The molecule has 2 bridgehead atoms. The molecule has 4 rings (SSSR count). The summed E-state index contributed by atoms with van der Waals surface area (Å²) in [7, 11) is 3.34. The van der Waals surface area contributed by atoms with Gasteiger partial charge in [0.1, 0.15) is 12.2 Å². The lowest BCUT2D eigenvalue weighted by Crippen LogP contribution is -2.36. The SMILES string of the molecule is COCC#CC1=C(COC)[C@H]2[C@@H]1[C@@H]1c3ccccc3[C@H]2N1C(=O)OC(C)(C)C. The molecule has 1 aliphatic carbocycles. The van der Waals surface area contributed by atoms with Crippen molar-refractivity contribution in [3.05, 3.63) is 46.5 Å². The highest BCUT2D eigenvalue weighted by atomic mass is 16.6. The summed E-state index contributed by atoms with van der Waals surface area (Å²) in [6, 6.07) is 8.29. The number of ether oxygens (including phenoxy) is 3. The van der Waals surface area contributed by atoms with Crippen molar-refractivity contribution in [2.75, 3.05) is 27.4 Å². The van der Waals surface area contributed by atoms with Gasteiger partial charge in [-0.05, 0) is 37.5 Å². The number of hydrogen-bond acceptors (Lipinski definition) is 4. The molecule has 4 atom stereocenters. The predicted molar refractivity (Wildman–Crippen MR) is 106 cm³/mol. The fourth-order valence-electron chi connectivity index (χ4n) is 4.93. The largest absolute Gasteiger partial charge is 0.444 e. The van der Waals surface area contributed by atoms with Crippen LogP contribution in [-0.4, -0.2) is 44.0 Å². The number of amides is 1. The van der Waals surface area contributed by atoms with Gasteiger partial charge in [0.25, 0.3) is 0 Å². The molecule has 1 saturated heterocycles. The Hall–Kier alpha value is -2.29. The van der Waals surface area contributed by atoms with Gasteiger partial charge in [0.15, 0.2) is 0 Å². The van der Waals surface area contributed by atoms with E-state index in [2.05, 4.69) is 24.0 Å². The minimum Gasteiger partial charge on any atom is -0.444 e. The van der Waals surface area contributed by atoms with Crippen LogP contribution < -0.4 is 0 Å². The van der Waals surface area contributed by atoms with Crippen molar-refractivity contribution in [3.8, 4) is 11.8 Å². The van der Waals surface area contributed by atoms with Gasteiger partial charge >= 0.3 is 6.09 Å². The molecule has 28 heavy (non-hydrogen) atoms. The van der Waals surface area contributed by atoms with Crippen LogP contribution in [-0.2, 0) is 14.2 Å². The van der Waals surface area contributed by atoms with Crippen molar-refractivity contribution < 1.29 is 19.0 Å². The van der Waals surface area contributed by atoms with E-state index in [1.165, 1.54) is 16.7 Å². The maximum absolute atomic E-state index is 13.1. The maximum atomic E-state index is 13.1. The van der Waals surface area contributed by atoms with Crippen LogP contribution in [0.5, 0.6) is 0 Å². The van der Waals surface area contributed by atoms with E-state index in [-0.39, 0.29) is 30.0 Å². The van der Waals surface area contributed by atoms with Crippen molar-refractivity contribution in [2.24, 2.45) is 11.8 Å². The lowest BCUT2D eigenvalue weighted by molar-refractivity contribution is 0.0164. The fourth-order valence-corrected chi connectivity index (χ4v) is 4.93. The number of carbonyl (C=O) groups is 1. The molecular weight excluding hydrogens is 354 g/mol. The predicted octanol–water partition coefficient (Wildman–Crippen LogP) is 3.87. The van der Waals surface area contributed by atoms with Crippen LogP contribution >= 0.6 is 0 Å². The normalized spacial score (nSPS) is 27.0. The summed E-state index contributed by atoms with van der Waals surface area (Å²) in [6.07, 6.45) is -0.255.